The molecule has 0 nitrogen and oxygen atoms in total. The summed E-state index contributed by atoms with van der Waals surface area (Å²) in [5, 5.41) is 0. The van der Waals surface area contributed by atoms with Crippen molar-refractivity contribution in [3.05, 3.63) is 0 Å². The van der Waals surface area contributed by atoms with Crippen molar-refractivity contribution in [3.8, 4) is 0 Å². The SMILES string of the molecule is [Re].[Re].[S-2].[S-2].[S-2].[S-2].[S-2].[S-2].[S-2]. The van der Waals surface area contributed by atoms with Crippen LogP contribution in [0.4, 0.5) is 0 Å². The predicted octanol–water partition coefficient (Wildman–Crippen LogP) is -0.0218. The molecule has 0 spiro atoms. The van der Waals surface area contributed by atoms with Gasteiger partial charge in [0.15, 0.2) is 0 Å². The second-order valence-corrected chi connectivity index (χ2v) is 0. The summed E-state index contributed by atoms with van der Waals surface area (Å²) < 4.78 is 0. The topological polar surface area (TPSA) is 0 Å². The molecule has 0 aromatic rings. The second-order valence-electron chi connectivity index (χ2n) is 0. The summed E-state index contributed by atoms with van der Waals surface area (Å²) in [7, 11) is 0. The van der Waals surface area contributed by atoms with Gasteiger partial charge in [-0.25, -0.2) is 0 Å². The quantitative estimate of drug-likeness (QED) is 0.369. The third kappa shape index (κ3) is 79.0. The molecule has 0 rings (SSSR count). The molecule has 9 heavy (non-hydrogen) atoms. The van der Waals surface area contributed by atoms with Gasteiger partial charge in [0.1, 0.15) is 0 Å². The van der Waals surface area contributed by atoms with Crippen LogP contribution in [0.15, 0.2) is 0 Å². The maximum absolute atomic E-state index is 0. The Balaban J connectivity index is 0. The van der Waals surface area contributed by atoms with Crippen LogP contribution >= 0.6 is 0 Å². The van der Waals surface area contributed by atoms with Crippen LogP contribution in [-0.4, -0.2) is 0 Å². The van der Waals surface area contributed by atoms with E-state index in [-0.39, 0.29) is 135 Å². The van der Waals surface area contributed by atoms with Crippen LogP contribution in [0, 0.1) is 0 Å². The van der Waals surface area contributed by atoms with Crippen LogP contribution < -0.4 is 0 Å². The molecule has 2 radical (unpaired) electrons. The van der Waals surface area contributed by atoms with E-state index in [1.54, 1.807) is 0 Å². The van der Waals surface area contributed by atoms with Gasteiger partial charge in [0.05, 0.1) is 0 Å². The molecule has 0 saturated carbocycles. The van der Waals surface area contributed by atoms with E-state index in [9.17, 15) is 0 Å². The van der Waals surface area contributed by atoms with Crippen LogP contribution in [0.2, 0.25) is 0 Å². The van der Waals surface area contributed by atoms with E-state index < -0.39 is 0 Å². The Labute approximate surface area is 133 Å². The van der Waals surface area contributed by atoms with Crippen molar-refractivity contribution in [2.45, 2.75) is 0 Å². The van der Waals surface area contributed by atoms with Crippen LogP contribution in [0.5, 0.6) is 0 Å². The molecule has 0 aliphatic carbocycles. The molecule has 0 bridgehead atoms. The number of rotatable bonds is 0. The van der Waals surface area contributed by atoms with Crippen molar-refractivity contribution in [1.29, 1.82) is 0 Å². The third-order valence-electron chi connectivity index (χ3n) is 0. The largest absolute Gasteiger partial charge is 2.00 e. The number of hydrogen-bond acceptors (Lipinski definition) is 0. The summed E-state index contributed by atoms with van der Waals surface area (Å²) in [5.41, 5.74) is 0. The molecule has 9 heteroatoms. The molecule has 0 atom stereocenters. The van der Waals surface area contributed by atoms with Crippen LogP contribution in [0.25, 0.3) is 0 Å². The summed E-state index contributed by atoms with van der Waals surface area (Å²) in [6.45, 7) is 0. The van der Waals surface area contributed by atoms with Gasteiger partial charge in [-0.15, -0.1) is 0 Å². The van der Waals surface area contributed by atoms with Crippen molar-refractivity contribution in [3.63, 3.8) is 0 Å². The van der Waals surface area contributed by atoms with Gasteiger partial charge in [-0.1, -0.05) is 0 Å². The first-order valence-corrected chi connectivity index (χ1v) is 0. The molecule has 70 valence electrons. The van der Waals surface area contributed by atoms with Gasteiger partial charge in [-0.3, -0.25) is 0 Å². The predicted molar refractivity (Wildman–Crippen MR) is 51.6 cm³/mol. The van der Waals surface area contributed by atoms with E-state index in [1.165, 1.54) is 0 Å². The zero-order valence-corrected chi connectivity index (χ0v) is 14.8. The zero-order valence-electron chi connectivity index (χ0n) is 3.61. The summed E-state index contributed by atoms with van der Waals surface area (Å²) in [4.78, 5) is 0. The molecule has 0 aliphatic rings. The fourth-order valence-corrected chi connectivity index (χ4v) is 0. The summed E-state index contributed by atoms with van der Waals surface area (Å²) in [6.07, 6.45) is 0. The van der Waals surface area contributed by atoms with E-state index in [0.29, 0.717) is 0 Å². The molecule has 0 amide bonds. The van der Waals surface area contributed by atoms with Gasteiger partial charge in [-0.05, 0) is 0 Å². The van der Waals surface area contributed by atoms with Crippen LogP contribution in [0.1, 0.15) is 0 Å². The van der Waals surface area contributed by atoms with Crippen molar-refractivity contribution in [2.24, 2.45) is 0 Å². The minimum absolute atomic E-state index is 0. The first-order chi connectivity index (χ1) is 0. The van der Waals surface area contributed by atoms with Crippen molar-refractivity contribution < 1.29 is 40.8 Å². The second kappa shape index (κ2) is 95.9. The van der Waals surface area contributed by atoms with Crippen LogP contribution in [-0.2, 0) is 135 Å². The van der Waals surface area contributed by atoms with E-state index in [1.807, 2.05) is 0 Å². The molecular formula is Re2S7-14. The minimum Gasteiger partial charge on any atom is -2.00 e. The average molecular weight is 597 g/mol. The fraction of sp³-hybridized carbons (Fsp3) is 0. The maximum Gasteiger partial charge on any atom is 0 e. The Kier molecular flexibility index (Phi) is 1330. The van der Waals surface area contributed by atoms with Crippen molar-refractivity contribution >= 4 is 94.5 Å². The van der Waals surface area contributed by atoms with Gasteiger partial charge in [0.25, 0.3) is 0 Å². The van der Waals surface area contributed by atoms with E-state index >= 15 is 0 Å². The van der Waals surface area contributed by atoms with Gasteiger partial charge >= 0.3 is 0 Å². The maximum atomic E-state index is 0. The first-order valence-electron chi connectivity index (χ1n) is 0. The van der Waals surface area contributed by atoms with Gasteiger partial charge in [0.2, 0.25) is 0 Å². The third-order valence-corrected chi connectivity index (χ3v) is 0. The summed E-state index contributed by atoms with van der Waals surface area (Å²) in [5.74, 6) is 0. The van der Waals surface area contributed by atoms with E-state index in [4.69, 9.17) is 0 Å². The summed E-state index contributed by atoms with van der Waals surface area (Å²) in [6, 6.07) is 0. The van der Waals surface area contributed by atoms with Gasteiger partial charge in [0, 0.05) is 40.8 Å². The Bertz CT molecular complexity index is 6.88. The minimum atomic E-state index is 0. The fourth-order valence-electron chi connectivity index (χ4n) is 0. The Morgan fingerprint density at radius 3 is 0.222 bits per heavy atom. The standard InChI is InChI=1S/2Re.7S/q;;7*-2. The Morgan fingerprint density at radius 1 is 0.222 bits per heavy atom. The molecule has 0 N–H and O–H groups in total. The molecule has 0 unspecified atom stereocenters. The average Bonchev–Trinajstić information content (AvgIpc) is 0. The molecule has 0 heterocycles. The molecular weight excluding hydrogens is 597 g/mol. The smallest absolute Gasteiger partial charge is 0 e. The molecule has 0 aromatic heterocycles. The normalized spacial score (nSPS) is 0. The van der Waals surface area contributed by atoms with Gasteiger partial charge in [-0.2, -0.15) is 0 Å². The monoisotopic (exact) mass is 598 g/mol. The Hall–Kier alpha value is 3.77. The molecule has 0 fully saturated rings. The van der Waals surface area contributed by atoms with Gasteiger partial charge < -0.3 is 94.5 Å². The zero-order chi connectivity index (χ0) is 0. The molecule has 0 aliphatic heterocycles. The summed E-state index contributed by atoms with van der Waals surface area (Å²) >= 11 is 0. The molecule has 0 aromatic carbocycles. The Morgan fingerprint density at radius 2 is 0.222 bits per heavy atom. The van der Waals surface area contributed by atoms with Crippen molar-refractivity contribution in [1.82, 2.24) is 0 Å². The van der Waals surface area contributed by atoms with E-state index in [0.717, 1.165) is 0 Å². The van der Waals surface area contributed by atoms with Crippen LogP contribution in [0.3, 0.4) is 0 Å². The van der Waals surface area contributed by atoms with Crippen molar-refractivity contribution in [2.75, 3.05) is 0 Å². The van der Waals surface area contributed by atoms with E-state index in [2.05, 4.69) is 0 Å². The first kappa shape index (κ1) is 124. The number of hydrogen-bond donors (Lipinski definition) is 0. The molecule has 0 saturated heterocycles.